The number of unbranched alkanes of at least 4 members (excludes halogenated alkanes) is 1. The molecule has 0 bridgehead atoms. The Morgan fingerprint density at radius 3 is 2.43 bits per heavy atom. The summed E-state index contributed by atoms with van der Waals surface area (Å²) in [5, 5.41) is 13.8. The first-order valence-corrected chi connectivity index (χ1v) is 7.56. The number of imide groups is 1. The number of aliphatic carboxylic acids is 1. The first kappa shape index (κ1) is 17.4. The van der Waals surface area contributed by atoms with Gasteiger partial charge in [0.2, 0.25) is 5.91 Å². The zero-order chi connectivity index (χ0) is 15.7. The number of nitrogens with one attached hydrogen (secondary N) is 2. The Hall–Kier alpha value is -1.63. The number of hydrogen-bond donors (Lipinski definition) is 3. The van der Waals surface area contributed by atoms with E-state index in [1.54, 1.807) is 4.90 Å². The normalized spacial score (nSPS) is 15.1. The minimum absolute atomic E-state index is 0.0574. The predicted octanol–water partition coefficient (Wildman–Crippen LogP) is 0.941. The Labute approximate surface area is 125 Å². The van der Waals surface area contributed by atoms with Gasteiger partial charge in [0, 0.05) is 12.6 Å². The average Bonchev–Trinajstić information content (AvgIpc) is 2.91. The van der Waals surface area contributed by atoms with E-state index >= 15 is 0 Å². The zero-order valence-corrected chi connectivity index (χ0v) is 12.6. The van der Waals surface area contributed by atoms with Gasteiger partial charge in [0.1, 0.15) is 0 Å². The SMILES string of the molecule is CCCCNC(=O)NC(=O)CN(CC(=O)O)C1CCCC1. The van der Waals surface area contributed by atoms with E-state index in [1.165, 1.54) is 0 Å². The van der Waals surface area contributed by atoms with Crippen molar-refractivity contribution in [2.75, 3.05) is 19.6 Å². The maximum absolute atomic E-state index is 11.8. The highest BCUT2D eigenvalue weighted by Gasteiger charge is 2.26. The lowest BCUT2D eigenvalue weighted by atomic mass is 10.2. The van der Waals surface area contributed by atoms with Crippen molar-refractivity contribution in [3.05, 3.63) is 0 Å². The van der Waals surface area contributed by atoms with Crippen LogP contribution in [0.1, 0.15) is 45.4 Å². The van der Waals surface area contributed by atoms with E-state index < -0.39 is 17.9 Å². The van der Waals surface area contributed by atoms with Gasteiger partial charge in [-0.15, -0.1) is 0 Å². The van der Waals surface area contributed by atoms with Crippen LogP contribution in [0, 0.1) is 0 Å². The Kier molecular flexibility index (Phi) is 7.74. The second-order valence-corrected chi connectivity index (χ2v) is 5.39. The molecule has 1 aliphatic carbocycles. The van der Waals surface area contributed by atoms with Gasteiger partial charge in [-0.25, -0.2) is 4.79 Å². The third-order valence-electron chi connectivity index (χ3n) is 3.59. The van der Waals surface area contributed by atoms with Gasteiger partial charge in [-0.3, -0.25) is 19.8 Å². The quantitative estimate of drug-likeness (QED) is 0.579. The first-order valence-electron chi connectivity index (χ1n) is 7.56. The number of carboxylic acid groups (broad SMARTS) is 1. The molecule has 120 valence electrons. The van der Waals surface area contributed by atoms with Crippen LogP contribution in [0.4, 0.5) is 4.79 Å². The van der Waals surface area contributed by atoms with E-state index in [-0.39, 0.29) is 19.1 Å². The molecule has 0 atom stereocenters. The molecule has 1 saturated carbocycles. The molecule has 0 aromatic carbocycles. The molecular weight excluding hydrogens is 274 g/mol. The molecular formula is C14H25N3O4. The van der Waals surface area contributed by atoms with Crippen molar-refractivity contribution in [3.8, 4) is 0 Å². The van der Waals surface area contributed by atoms with Crippen LogP contribution in [0.25, 0.3) is 0 Å². The minimum Gasteiger partial charge on any atom is -0.480 e. The van der Waals surface area contributed by atoms with E-state index in [1.807, 2.05) is 6.92 Å². The summed E-state index contributed by atoms with van der Waals surface area (Å²) in [6.07, 6.45) is 5.74. The van der Waals surface area contributed by atoms with Crippen molar-refractivity contribution in [1.29, 1.82) is 0 Å². The van der Waals surface area contributed by atoms with E-state index in [0.717, 1.165) is 38.5 Å². The molecule has 3 amide bonds. The molecule has 0 spiro atoms. The topological polar surface area (TPSA) is 98.7 Å². The fourth-order valence-electron chi connectivity index (χ4n) is 2.53. The van der Waals surface area contributed by atoms with Crippen molar-refractivity contribution < 1.29 is 19.5 Å². The van der Waals surface area contributed by atoms with Crippen molar-refractivity contribution >= 4 is 17.9 Å². The number of hydrogen-bond acceptors (Lipinski definition) is 4. The number of carbonyl (C=O) groups excluding carboxylic acids is 2. The molecule has 0 saturated heterocycles. The minimum atomic E-state index is -0.956. The van der Waals surface area contributed by atoms with Gasteiger partial charge in [-0.05, 0) is 19.3 Å². The van der Waals surface area contributed by atoms with Crippen molar-refractivity contribution in [3.63, 3.8) is 0 Å². The molecule has 0 radical (unpaired) electrons. The van der Waals surface area contributed by atoms with Crippen molar-refractivity contribution in [2.45, 2.75) is 51.5 Å². The molecule has 7 nitrogen and oxygen atoms in total. The number of rotatable bonds is 8. The highest BCUT2D eigenvalue weighted by molar-refractivity contribution is 5.95. The maximum Gasteiger partial charge on any atom is 0.321 e. The van der Waals surface area contributed by atoms with Crippen LogP contribution >= 0.6 is 0 Å². The molecule has 0 aromatic heterocycles. The van der Waals surface area contributed by atoms with Crippen LogP contribution in [0.3, 0.4) is 0 Å². The van der Waals surface area contributed by atoms with Crippen LogP contribution in [-0.2, 0) is 9.59 Å². The van der Waals surface area contributed by atoms with Gasteiger partial charge in [0.15, 0.2) is 0 Å². The van der Waals surface area contributed by atoms with Gasteiger partial charge in [-0.2, -0.15) is 0 Å². The van der Waals surface area contributed by atoms with Crippen LogP contribution in [0.15, 0.2) is 0 Å². The molecule has 0 aromatic rings. The van der Waals surface area contributed by atoms with Crippen molar-refractivity contribution in [1.82, 2.24) is 15.5 Å². The van der Waals surface area contributed by atoms with Crippen LogP contribution < -0.4 is 10.6 Å². The second-order valence-electron chi connectivity index (χ2n) is 5.39. The van der Waals surface area contributed by atoms with E-state index in [4.69, 9.17) is 5.11 Å². The number of urea groups is 1. The number of carbonyl (C=O) groups is 3. The highest BCUT2D eigenvalue weighted by atomic mass is 16.4. The highest BCUT2D eigenvalue weighted by Crippen LogP contribution is 2.22. The lowest BCUT2D eigenvalue weighted by Gasteiger charge is -2.26. The molecule has 0 unspecified atom stereocenters. The summed E-state index contributed by atoms with van der Waals surface area (Å²) < 4.78 is 0. The third-order valence-corrected chi connectivity index (χ3v) is 3.59. The molecule has 1 rings (SSSR count). The summed E-state index contributed by atoms with van der Waals surface area (Å²) in [5.74, 6) is -1.42. The summed E-state index contributed by atoms with van der Waals surface area (Å²) in [5.41, 5.74) is 0. The standard InChI is InChI=1S/C14H25N3O4/c1-2-3-8-15-14(21)16-12(18)9-17(10-13(19)20)11-6-4-5-7-11/h11H,2-10H2,1H3,(H,19,20)(H2,15,16,18,21). The number of nitrogens with zero attached hydrogens (tertiary/aromatic N) is 1. The van der Waals surface area contributed by atoms with Crippen molar-refractivity contribution in [2.24, 2.45) is 0 Å². The fraction of sp³-hybridized carbons (Fsp3) is 0.786. The van der Waals surface area contributed by atoms with Gasteiger partial charge in [-0.1, -0.05) is 26.2 Å². The van der Waals surface area contributed by atoms with E-state index in [0.29, 0.717) is 6.54 Å². The van der Waals surface area contributed by atoms with Gasteiger partial charge in [0.25, 0.3) is 0 Å². The summed E-state index contributed by atoms with van der Waals surface area (Å²) >= 11 is 0. The van der Waals surface area contributed by atoms with Gasteiger partial charge in [0.05, 0.1) is 13.1 Å². The van der Waals surface area contributed by atoms with Gasteiger partial charge >= 0.3 is 12.0 Å². The van der Waals surface area contributed by atoms with Crippen LogP contribution in [0.5, 0.6) is 0 Å². The van der Waals surface area contributed by atoms with Crippen LogP contribution in [-0.4, -0.2) is 53.6 Å². The van der Waals surface area contributed by atoms with E-state index in [9.17, 15) is 14.4 Å². The molecule has 3 N–H and O–H groups in total. The molecule has 1 fully saturated rings. The predicted molar refractivity (Wildman–Crippen MR) is 77.9 cm³/mol. The Bertz CT molecular complexity index is 367. The monoisotopic (exact) mass is 299 g/mol. The summed E-state index contributed by atoms with van der Waals surface area (Å²) in [4.78, 5) is 35.8. The molecule has 0 heterocycles. The third kappa shape index (κ3) is 7.08. The summed E-state index contributed by atoms with van der Waals surface area (Å²) in [6.45, 7) is 2.31. The Morgan fingerprint density at radius 2 is 1.86 bits per heavy atom. The lowest BCUT2D eigenvalue weighted by Crippen LogP contribution is -2.48. The largest absolute Gasteiger partial charge is 0.480 e. The average molecular weight is 299 g/mol. The molecule has 7 heteroatoms. The Morgan fingerprint density at radius 1 is 1.19 bits per heavy atom. The Balaban J connectivity index is 2.40. The summed E-state index contributed by atoms with van der Waals surface area (Å²) in [7, 11) is 0. The number of carboxylic acids is 1. The summed E-state index contributed by atoms with van der Waals surface area (Å²) in [6, 6.07) is -0.398. The number of amides is 3. The van der Waals surface area contributed by atoms with Gasteiger partial charge < -0.3 is 10.4 Å². The smallest absolute Gasteiger partial charge is 0.321 e. The first-order chi connectivity index (χ1) is 10.0. The molecule has 1 aliphatic rings. The van der Waals surface area contributed by atoms with Crippen LogP contribution in [0.2, 0.25) is 0 Å². The maximum atomic E-state index is 11.8. The molecule has 0 aliphatic heterocycles. The molecule has 21 heavy (non-hydrogen) atoms. The second kappa shape index (κ2) is 9.33. The zero-order valence-electron chi connectivity index (χ0n) is 12.6. The lowest BCUT2D eigenvalue weighted by molar-refractivity contribution is -0.139. The van der Waals surface area contributed by atoms with E-state index in [2.05, 4.69) is 10.6 Å². The fourth-order valence-corrected chi connectivity index (χ4v) is 2.53.